The molecule has 7 nitrogen and oxygen atoms in total. The molecule has 0 saturated heterocycles. The summed E-state index contributed by atoms with van der Waals surface area (Å²) < 4.78 is 54.1. The van der Waals surface area contributed by atoms with Gasteiger partial charge in [-0.15, -0.1) is 0 Å². The van der Waals surface area contributed by atoms with E-state index in [1.807, 2.05) is 30.3 Å². The van der Waals surface area contributed by atoms with E-state index >= 15 is 0 Å². The fourth-order valence-corrected chi connectivity index (χ4v) is 6.68. The number of benzene rings is 3. The van der Waals surface area contributed by atoms with Crippen molar-refractivity contribution in [2.75, 3.05) is 6.61 Å². The molecule has 0 bridgehead atoms. The third kappa shape index (κ3) is 5.62. The molecule has 42 heavy (non-hydrogen) atoms. The lowest BCUT2D eigenvalue weighted by atomic mass is 9.92. The van der Waals surface area contributed by atoms with E-state index in [9.17, 15) is 17.6 Å². The van der Waals surface area contributed by atoms with Crippen LogP contribution in [-0.2, 0) is 39.1 Å². The summed E-state index contributed by atoms with van der Waals surface area (Å²) in [6.45, 7) is 3.99. The maximum absolute atomic E-state index is 14.9. The molecule has 1 atom stereocenters. The highest BCUT2D eigenvalue weighted by atomic mass is 32.2. The lowest BCUT2D eigenvalue weighted by molar-refractivity contribution is -0.142. The Hall–Kier alpha value is -4.21. The number of para-hydroxylation sites is 1. The molecule has 0 saturated carbocycles. The van der Waals surface area contributed by atoms with E-state index in [2.05, 4.69) is 0 Å². The topological polar surface area (TPSA) is 101 Å². The highest BCUT2D eigenvalue weighted by Crippen LogP contribution is 2.36. The number of rotatable bonds is 10. The Morgan fingerprint density at radius 1 is 1.07 bits per heavy atom. The summed E-state index contributed by atoms with van der Waals surface area (Å²) in [5.74, 6) is -0.166. The van der Waals surface area contributed by atoms with Gasteiger partial charge in [-0.1, -0.05) is 66.8 Å². The molecule has 5 rings (SSSR count). The van der Waals surface area contributed by atoms with Gasteiger partial charge in [-0.25, -0.2) is 16.8 Å². The SMILES string of the molecule is CCOC(=O)Cc1ccccc1OCc1ccc2ccn(S(=O)(=O)C3(C)C=CC(c4cccc(CN)c4F)=CC3)c2c1. The number of carbonyl (C=O) groups is 1. The molecule has 2 N–H and O–H groups in total. The summed E-state index contributed by atoms with van der Waals surface area (Å²) in [6, 6.07) is 19.6. The summed E-state index contributed by atoms with van der Waals surface area (Å²) in [5, 5.41) is 0.769. The summed E-state index contributed by atoms with van der Waals surface area (Å²) in [7, 11) is -3.90. The van der Waals surface area contributed by atoms with Crippen LogP contribution in [0.15, 0.2) is 91.2 Å². The van der Waals surface area contributed by atoms with Crippen LogP contribution in [0.25, 0.3) is 16.5 Å². The first-order valence-corrected chi connectivity index (χ1v) is 15.2. The minimum absolute atomic E-state index is 0.0800. The van der Waals surface area contributed by atoms with Crippen LogP contribution in [0, 0.1) is 5.82 Å². The molecule has 218 valence electrons. The molecule has 0 aliphatic heterocycles. The van der Waals surface area contributed by atoms with Crippen molar-refractivity contribution in [1.29, 1.82) is 0 Å². The number of fused-ring (bicyclic) bond motifs is 1. The van der Waals surface area contributed by atoms with Crippen molar-refractivity contribution in [3.63, 3.8) is 0 Å². The monoisotopic (exact) mass is 588 g/mol. The van der Waals surface area contributed by atoms with Gasteiger partial charge in [0.2, 0.25) is 10.0 Å². The number of allylic oxidation sites excluding steroid dienone is 3. The zero-order valence-electron chi connectivity index (χ0n) is 23.5. The van der Waals surface area contributed by atoms with Crippen LogP contribution < -0.4 is 10.5 Å². The maximum Gasteiger partial charge on any atom is 0.310 e. The summed E-state index contributed by atoms with van der Waals surface area (Å²) >= 11 is 0. The third-order valence-corrected chi connectivity index (χ3v) is 9.85. The number of ether oxygens (including phenoxy) is 2. The van der Waals surface area contributed by atoms with Crippen molar-refractivity contribution in [3.8, 4) is 5.75 Å². The van der Waals surface area contributed by atoms with Crippen molar-refractivity contribution in [2.45, 2.75) is 44.6 Å². The van der Waals surface area contributed by atoms with E-state index in [0.717, 1.165) is 10.9 Å². The fraction of sp³-hybridized carbons (Fsp3) is 0.242. The average molecular weight is 589 g/mol. The first-order chi connectivity index (χ1) is 20.2. The minimum Gasteiger partial charge on any atom is -0.489 e. The Morgan fingerprint density at radius 2 is 1.86 bits per heavy atom. The number of esters is 1. The van der Waals surface area contributed by atoms with Gasteiger partial charge in [0.25, 0.3) is 0 Å². The molecule has 1 aromatic heterocycles. The van der Waals surface area contributed by atoms with Gasteiger partial charge < -0.3 is 15.2 Å². The van der Waals surface area contributed by atoms with Gasteiger partial charge in [0.15, 0.2) is 0 Å². The van der Waals surface area contributed by atoms with Crippen LogP contribution >= 0.6 is 0 Å². The third-order valence-electron chi connectivity index (χ3n) is 7.53. The molecular weight excluding hydrogens is 555 g/mol. The number of nitrogens with two attached hydrogens (primary N) is 1. The van der Waals surface area contributed by atoms with Crippen molar-refractivity contribution in [2.24, 2.45) is 5.73 Å². The van der Waals surface area contributed by atoms with Crippen LogP contribution in [0.5, 0.6) is 5.75 Å². The predicted octanol–water partition coefficient (Wildman–Crippen LogP) is 5.90. The van der Waals surface area contributed by atoms with Crippen molar-refractivity contribution in [1.82, 2.24) is 3.97 Å². The molecule has 0 spiro atoms. The van der Waals surface area contributed by atoms with Gasteiger partial charge in [-0.3, -0.25) is 4.79 Å². The lowest BCUT2D eigenvalue weighted by Crippen LogP contribution is -2.38. The number of halogens is 1. The molecule has 0 radical (unpaired) electrons. The standard InChI is InChI=1S/C33H33FN2O5S/c1-3-40-31(37)20-26-7-4-5-10-30(26)41-22-23-11-12-25-15-18-36(29(25)19-23)42(38,39)33(2)16-13-24(14-17-33)28-9-6-8-27(21-35)32(28)34/h4-16,18-19H,3,17,20-22,35H2,1-2H3. The first kappa shape index (κ1) is 29.3. The highest BCUT2D eigenvalue weighted by Gasteiger charge is 2.39. The van der Waals surface area contributed by atoms with Crippen LogP contribution in [0.2, 0.25) is 0 Å². The smallest absolute Gasteiger partial charge is 0.310 e. The van der Waals surface area contributed by atoms with E-state index in [1.54, 1.807) is 74.7 Å². The normalized spacial score (nSPS) is 16.8. The molecule has 1 aliphatic rings. The van der Waals surface area contributed by atoms with E-state index in [4.69, 9.17) is 15.2 Å². The molecule has 0 fully saturated rings. The Kier molecular flexibility index (Phi) is 8.34. The van der Waals surface area contributed by atoms with E-state index in [0.29, 0.717) is 40.1 Å². The van der Waals surface area contributed by atoms with Crippen molar-refractivity contribution in [3.05, 3.63) is 119 Å². The molecule has 3 aromatic carbocycles. The molecule has 1 heterocycles. The van der Waals surface area contributed by atoms with E-state index in [-0.39, 0.29) is 32.0 Å². The highest BCUT2D eigenvalue weighted by molar-refractivity contribution is 7.91. The minimum atomic E-state index is -3.90. The number of nitrogens with zero attached hydrogens (tertiary/aromatic N) is 1. The Bertz CT molecular complexity index is 1810. The zero-order chi connectivity index (χ0) is 29.9. The van der Waals surface area contributed by atoms with Crippen LogP contribution in [0.1, 0.15) is 42.5 Å². The zero-order valence-corrected chi connectivity index (χ0v) is 24.4. The fourth-order valence-electron chi connectivity index (χ4n) is 5.06. The Labute approximate surface area is 245 Å². The predicted molar refractivity (Wildman–Crippen MR) is 162 cm³/mol. The molecular formula is C33H33FN2O5S. The number of carbonyl (C=O) groups excluding carboxylic acids is 1. The van der Waals surface area contributed by atoms with Gasteiger partial charge in [0, 0.05) is 34.8 Å². The molecule has 0 amide bonds. The van der Waals surface area contributed by atoms with Gasteiger partial charge >= 0.3 is 5.97 Å². The second-order valence-electron chi connectivity index (χ2n) is 10.4. The molecule has 1 aliphatic carbocycles. The van der Waals surface area contributed by atoms with Crippen LogP contribution in [-0.4, -0.2) is 29.7 Å². The Morgan fingerprint density at radius 3 is 2.60 bits per heavy atom. The second kappa shape index (κ2) is 12.0. The number of hydrogen-bond acceptors (Lipinski definition) is 6. The largest absolute Gasteiger partial charge is 0.489 e. The van der Waals surface area contributed by atoms with Crippen molar-refractivity contribution < 1.29 is 27.1 Å². The van der Waals surface area contributed by atoms with Crippen LogP contribution in [0.3, 0.4) is 0 Å². The van der Waals surface area contributed by atoms with Gasteiger partial charge in [0.1, 0.15) is 22.9 Å². The Balaban J connectivity index is 1.38. The van der Waals surface area contributed by atoms with E-state index in [1.165, 1.54) is 3.97 Å². The number of hydrogen-bond donors (Lipinski definition) is 1. The summed E-state index contributed by atoms with van der Waals surface area (Å²) in [6.07, 6.45) is 6.88. The van der Waals surface area contributed by atoms with E-state index < -0.39 is 20.6 Å². The molecule has 4 aromatic rings. The average Bonchev–Trinajstić information content (AvgIpc) is 3.42. The van der Waals surface area contributed by atoms with Gasteiger partial charge in [-0.2, -0.15) is 0 Å². The lowest BCUT2D eigenvalue weighted by Gasteiger charge is -2.29. The maximum atomic E-state index is 14.9. The van der Waals surface area contributed by atoms with Crippen LogP contribution in [0.4, 0.5) is 4.39 Å². The molecule has 9 heteroatoms. The molecule has 1 unspecified atom stereocenters. The summed E-state index contributed by atoms with van der Waals surface area (Å²) in [4.78, 5) is 12.0. The first-order valence-electron chi connectivity index (χ1n) is 13.8. The van der Waals surface area contributed by atoms with Crippen molar-refractivity contribution >= 4 is 32.5 Å². The summed E-state index contributed by atoms with van der Waals surface area (Å²) in [5.41, 5.74) is 9.09. The van der Waals surface area contributed by atoms with Gasteiger partial charge in [-0.05, 0) is 49.6 Å². The number of aromatic nitrogens is 1. The van der Waals surface area contributed by atoms with Gasteiger partial charge in [0.05, 0.1) is 18.5 Å². The second-order valence-corrected chi connectivity index (χ2v) is 12.7. The quantitative estimate of drug-likeness (QED) is 0.232.